The molecular formula is C23H27FO6S. The van der Waals surface area contributed by atoms with E-state index in [0.717, 1.165) is 22.6 Å². The Hall–Kier alpha value is -2.29. The van der Waals surface area contributed by atoms with Gasteiger partial charge in [0, 0.05) is 6.92 Å². The molecule has 0 aliphatic carbocycles. The van der Waals surface area contributed by atoms with Crippen molar-refractivity contribution in [2.75, 3.05) is 20.8 Å². The molecule has 4 atom stereocenters. The fraction of sp³-hybridized carbons (Fsp3) is 0.435. The minimum atomic E-state index is -1.44. The van der Waals surface area contributed by atoms with Crippen molar-refractivity contribution < 1.29 is 32.9 Å². The molecule has 0 amide bonds. The zero-order chi connectivity index (χ0) is 22.2. The summed E-state index contributed by atoms with van der Waals surface area (Å²) in [6.07, 6.45) is -2.20. The second-order valence-electron chi connectivity index (χ2n) is 7.08. The number of methoxy groups -OCH3 is 2. The van der Waals surface area contributed by atoms with Crippen LogP contribution in [0.15, 0.2) is 48.5 Å². The van der Waals surface area contributed by atoms with Gasteiger partial charge < -0.3 is 23.7 Å². The molecule has 1 saturated heterocycles. The lowest BCUT2D eigenvalue weighted by Gasteiger charge is -2.21. The van der Waals surface area contributed by atoms with Gasteiger partial charge in [-0.05, 0) is 35.4 Å². The van der Waals surface area contributed by atoms with Crippen LogP contribution in [0.5, 0.6) is 11.5 Å². The average molecular weight is 451 g/mol. The Morgan fingerprint density at radius 3 is 2.00 bits per heavy atom. The number of esters is 1. The summed E-state index contributed by atoms with van der Waals surface area (Å²) in [6, 6.07) is 14.9. The Morgan fingerprint density at radius 1 is 0.935 bits per heavy atom. The van der Waals surface area contributed by atoms with Gasteiger partial charge in [-0.1, -0.05) is 24.3 Å². The SMILES string of the molecule is COc1ccc(COC[C@H]2SC(OC(C)=O)[C@H](F)[C@@H]2OCc2ccc(OC)cc2)cc1. The average Bonchev–Trinajstić information content (AvgIpc) is 3.06. The maximum absolute atomic E-state index is 15.0. The minimum absolute atomic E-state index is 0.234. The zero-order valence-electron chi connectivity index (χ0n) is 17.8. The maximum Gasteiger partial charge on any atom is 0.303 e. The van der Waals surface area contributed by atoms with E-state index < -0.39 is 23.7 Å². The van der Waals surface area contributed by atoms with Crippen molar-refractivity contribution in [1.82, 2.24) is 0 Å². The van der Waals surface area contributed by atoms with Gasteiger partial charge in [0.15, 0.2) is 11.6 Å². The van der Waals surface area contributed by atoms with Gasteiger partial charge in [0.25, 0.3) is 0 Å². The Bertz CT molecular complexity index is 829. The Morgan fingerprint density at radius 2 is 1.48 bits per heavy atom. The van der Waals surface area contributed by atoms with Crippen LogP contribution < -0.4 is 9.47 Å². The molecule has 0 saturated carbocycles. The second-order valence-corrected chi connectivity index (χ2v) is 8.43. The highest BCUT2D eigenvalue weighted by molar-refractivity contribution is 8.00. The summed E-state index contributed by atoms with van der Waals surface area (Å²) < 4.78 is 42.2. The summed E-state index contributed by atoms with van der Waals surface area (Å²) in [6.45, 7) is 2.15. The molecule has 0 spiro atoms. The molecule has 2 aromatic rings. The van der Waals surface area contributed by atoms with Crippen molar-refractivity contribution in [2.24, 2.45) is 0 Å². The number of carbonyl (C=O) groups excluding carboxylic acids is 1. The van der Waals surface area contributed by atoms with E-state index in [-0.39, 0.29) is 18.5 Å². The van der Waals surface area contributed by atoms with Crippen LogP contribution >= 0.6 is 11.8 Å². The number of hydrogen-bond donors (Lipinski definition) is 0. The largest absolute Gasteiger partial charge is 0.497 e. The van der Waals surface area contributed by atoms with E-state index in [4.69, 9.17) is 23.7 Å². The number of hydrogen-bond acceptors (Lipinski definition) is 7. The van der Waals surface area contributed by atoms with Crippen molar-refractivity contribution in [3.63, 3.8) is 0 Å². The summed E-state index contributed by atoms with van der Waals surface area (Å²) in [5.74, 6) is 0.990. The number of benzene rings is 2. The molecule has 6 nitrogen and oxygen atoms in total. The first-order valence-electron chi connectivity index (χ1n) is 9.92. The summed E-state index contributed by atoms with van der Waals surface area (Å²) in [7, 11) is 3.21. The molecule has 0 aromatic heterocycles. The van der Waals surface area contributed by atoms with Gasteiger partial charge in [-0.2, -0.15) is 0 Å². The zero-order valence-corrected chi connectivity index (χ0v) is 18.6. The van der Waals surface area contributed by atoms with E-state index in [1.54, 1.807) is 14.2 Å². The van der Waals surface area contributed by atoms with Gasteiger partial charge in [0.1, 0.15) is 17.6 Å². The number of thioether (sulfide) groups is 1. The number of rotatable bonds is 10. The highest BCUT2D eigenvalue weighted by Crippen LogP contribution is 2.39. The summed E-state index contributed by atoms with van der Waals surface area (Å²) in [5.41, 5.74) is 0.965. The third-order valence-corrected chi connectivity index (χ3v) is 6.22. The first-order chi connectivity index (χ1) is 15.0. The van der Waals surface area contributed by atoms with Crippen LogP contribution in [0.3, 0.4) is 0 Å². The molecule has 1 aliphatic heterocycles. The Labute approximate surface area is 186 Å². The van der Waals surface area contributed by atoms with Crippen molar-refractivity contribution in [3.8, 4) is 11.5 Å². The van der Waals surface area contributed by atoms with Crippen molar-refractivity contribution in [2.45, 2.75) is 43.1 Å². The molecule has 1 fully saturated rings. The third-order valence-electron chi connectivity index (χ3n) is 4.84. The first-order valence-corrected chi connectivity index (χ1v) is 10.9. The van der Waals surface area contributed by atoms with E-state index in [1.807, 2.05) is 48.5 Å². The summed E-state index contributed by atoms with van der Waals surface area (Å²) >= 11 is 1.23. The van der Waals surface area contributed by atoms with Crippen molar-refractivity contribution in [3.05, 3.63) is 59.7 Å². The molecule has 1 aliphatic rings. The quantitative estimate of drug-likeness (QED) is 0.504. The van der Waals surface area contributed by atoms with E-state index >= 15 is 4.39 Å². The van der Waals surface area contributed by atoms with Crippen LogP contribution in [0.1, 0.15) is 18.1 Å². The lowest BCUT2D eigenvalue weighted by Crippen LogP contribution is -2.35. The Kier molecular flexibility index (Phi) is 8.57. The number of alkyl halides is 1. The smallest absolute Gasteiger partial charge is 0.303 e. The molecule has 0 N–H and O–H groups in total. The fourth-order valence-electron chi connectivity index (χ4n) is 3.20. The fourth-order valence-corrected chi connectivity index (χ4v) is 4.60. The predicted octanol–water partition coefficient (Wildman–Crippen LogP) is 4.15. The van der Waals surface area contributed by atoms with Crippen LogP contribution in [0.25, 0.3) is 0 Å². The van der Waals surface area contributed by atoms with Gasteiger partial charge in [-0.25, -0.2) is 4.39 Å². The molecule has 3 rings (SSSR count). The monoisotopic (exact) mass is 450 g/mol. The van der Waals surface area contributed by atoms with Crippen LogP contribution in [0, 0.1) is 0 Å². The lowest BCUT2D eigenvalue weighted by atomic mass is 10.1. The number of ether oxygens (including phenoxy) is 5. The number of carbonyl (C=O) groups is 1. The highest BCUT2D eigenvalue weighted by atomic mass is 32.2. The number of halogens is 1. The summed E-state index contributed by atoms with van der Waals surface area (Å²) in [5, 5.41) is -0.309. The molecule has 31 heavy (non-hydrogen) atoms. The highest BCUT2D eigenvalue weighted by Gasteiger charge is 2.47. The van der Waals surface area contributed by atoms with Crippen LogP contribution in [0.2, 0.25) is 0 Å². The van der Waals surface area contributed by atoms with E-state index in [0.29, 0.717) is 6.61 Å². The van der Waals surface area contributed by atoms with Gasteiger partial charge in [-0.15, -0.1) is 11.8 Å². The molecule has 0 radical (unpaired) electrons. The minimum Gasteiger partial charge on any atom is -0.497 e. The predicted molar refractivity (Wildman–Crippen MR) is 116 cm³/mol. The molecule has 1 heterocycles. The topological polar surface area (TPSA) is 63.2 Å². The van der Waals surface area contributed by atoms with Gasteiger partial charge in [0.05, 0.1) is 39.3 Å². The lowest BCUT2D eigenvalue weighted by molar-refractivity contribution is -0.146. The van der Waals surface area contributed by atoms with Crippen molar-refractivity contribution in [1.29, 1.82) is 0 Å². The molecule has 0 bridgehead atoms. The first kappa shape index (κ1) is 23.4. The molecular weight excluding hydrogens is 423 g/mol. The third kappa shape index (κ3) is 6.59. The summed E-state index contributed by atoms with van der Waals surface area (Å²) in [4.78, 5) is 11.4. The molecule has 2 aromatic carbocycles. The van der Waals surface area contributed by atoms with Gasteiger partial charge >= 0.3 is 5.97 Å². The van der Waals surface area contributed by atoms with E-state index in [2.05, 4.69) is 0 Å². The van der Waals surface area contributed by atoms with Crippen LogP contribution in [0.4, 0.5) is 4.39 Å². The van der Waals surface area contributed by atoms with E-state index in [1.165, 1.54) is 18.7 Å². The van der Waals surface area contributed by atoms with Gasteiger partial charge in [-0.3, -0.25) is 4.79 Å². The normalized spacial score (nSPS) is 22.8. The van der Waals surface area contributed by atoms with Crippen molar-refractivity contribution >= 4 is 17.7 Å². The molecule has 8 heteroatoms. The molecule has 168 valence electrons. The maximum atomic E-state index is 15.0. The second kappa shape index (κ2) is 11.4. The standard InChI is InChI=1S/C23H27FO6S/c1-15(25)30-23-21(24)22(29-13-17-6-10-19(27-3)11-7-17)20(31-23)14-28-12-16-4-8-18(26-2)9-5-16/h4-11,20-23H,12-14H2,1-3H3/t20-,21-,22-,23?/m1/s1. The van der Waals surface area contributed by atoms with Gasteiger partial charge in [0.2, 0.25) is 0 Å². The van der Waals surface area contributed by atoms with Crippen LogP contribution in [-0.2, 0) is 32.2 Å². The van der Waals surface area contributed by atoms with Crippen LogP contribution in [-0.4, -0.2) is 49.8 Å². The molecule has 1 unspecified atom stereocenters. The van der Waals surface area contributed by atoms with E-state index in [9.17, 15) is 4.79 Å². The Balaban J connectivity index is 1.59.